The molecule has 5 unspecified atom stereocenters. The molecule has 1 heterocycles. The quantitative estimate of drug-likeness (QED) is 0.333. The highest BCUT2D eigenvalue weighted by Crippen LogP contribution is 2.19. The number of amides is 1. The van der Waals surface area contributed by atoms with Gasteiger partial charge in [-0.2, -0.15) is 0 Å². The van der Waals surface area contributed by atoms with Gasteiger partial charge < -0.3 is 30.5 Å². The lowest BCUT2D eigenvalue weighted by molar-refractivity contribution is -0.253. The Bertz CT molecular complexity index is 235. The average molecular weight is 220 g/mol. The molecule has 0 aromatic heterocycles. The van der Waals surface area contributed by atoms with E-state index in [0.29, 0.717) is 0 Å². The highest BCUT2D eigenvalue weighted by molar-refractivity contribution is 5.80. The molecule has 87 valence electrons. The van der Waals surface area contributed by atoms with E-state index in [-0.39, 0.29) is 0 Å². The highest BCUT2D eigenvalue weighted by atomic mass is 16.6. The molecule has 0 aromatic rings. The smallest absolute Gasteiger partial charge is 0.220 e. The third-order valence-electron chi connectivity index (χ3n) is 2.23. The standard InChI is InChI=1S/C8H14NO6/c1-3(11)9-5-7(13)6(12)4(2-10)15-8(5)14/h4-8,10,12-14H,1-2H2,(H,9,11). The van der Waals surface area contributed by atoms with Crippen molar-refractivity contribution in [2.75, 3.05) is 6.61 Å². The van der Waals surface area contributed by atoms with Crippen LogP contribution in [0.4, 0.5) is 0 Å². The van der Waals surface area contributed by atoms with Crippen molar-refractivity contribution in [3.05, 3.63) is 6.92 Å². The van der Waals surface area contributed by atoms with Crippen LogP contribution in [0, 0.1) is 6.92 Å². The molecule has 0 aromatic carbocycles. The van der Waals surface area contributed by atoms with Crippen molar-refractivity contribution in [2.24, 2.45) is 0 Å². The van der Waals surface area contributed by atoms with E-state index in [1.165, 1.54) is 0 Å². The summed E-state index contributed by atoms with van der Waals surface area (Å²) in [5, 5.41) is 39.2. The first kappa shape index (κ1) is 12.3. The van der Waals surface area contributed by atoms with Gasteiger partial charge in [-0.05, 0) is 0 Å². The molecule has 1 fully saturated rings. The van der Waals surface area contributed by atoms with Crippen molar-refractivity contribution >= 4 is 5.91 Å². The van der Waals surface area contributed by atoms with E-state index in [2.05, 4.69) is 12.2 Å². The van der Waals surface area contributed by atoms with Crippen molar-refractivity contribution < 1.29 is 30.0 Å². The van der Waals surface area contributed by atoms with E-state index in [9.17, 15) is 20.1 Å². The van der Waals surface area contributed by atoms with Crippen LogP contribution in [0.25, 0.3) is 0 Å². The number of rotatable bonds is 2. The molecule has 1 amide bonds. The van der Waals surface area contributed by atoms with Gasteiger partial charge in [-0.3, -0.25) is 4.79 Å². The van der Waals surface area contributed by atoms with Crippen LogP contribution in [0.1, 0.15) is 0 Å². The van der Waals surface area contributed by atoms with Gasteiger partial charge in [0.05, 0.1) is 6.61 Å². The molecule has 1 rings (SSSR count). The summed E-state index contributed by atoms with van der Waals surface area (Å²) in [6.45, 7) is 2.47. The van der Waals surface area contributed by atoms with Gasteiger partial charge in [0.1, 0.15) is 24.4 Å². The van der Waals surface area contributed by atoms with Crippen molar-refractivity contribution in [1.29, 1.82) is 0 Å². The minimum absolute atomic E-state index is 0.541. The van der Waals surface area contributed by atoms with E-state index in [1.807, 2.05) is 0 Å². The fraction of sp³-hybridized carbons (Fsp3) is 0.750. The van der Waals surface area contributed by atoms with Gasteiger partial charge >= 0.3 is 0 Å². The van der Waals surface area contributed by atoms with Crippen molar-refractivity contribution in [1.82, 2.24) is 5.32 Å². The molecule has 7 nitrogen and oxygen atoms in total. The van der Waals surface area contributed by atoms with E-state index in [1.54, 1.807) is 0 Å². The van der Waals surface area contributed by atoms with Crippen LogP contribution in [0.3, 0.4) is 0 Å². The Kier molecular flexibility index (Phi) is 4.00. The number of hydrogen-bond acceptors (Lipinski definition) is 6. The summed E-state index contributed by atoms with van der Waals surface area (Å²) in [5.74, 6) is -0.712. The minimum Gasteiger partial charge on any atom is -0.394 e. The van der Waals surface area contributed by atoms with Crippen LogP contribution < -0.4 is 5.32 Å². The van der Waals surface area contributed by atoms with Crippen molar-refractivity contribution in [3.63, 3.8) is 0 Å². The molecule has 1 aliphatic heterocycles. The summed E-state index contributed by atoms with van der Waals surface area (Å²) in [4.78, 5) is 10.6. The Morgan fingerprint density at radius 1 is 1.33 bits per heavy atom. The molecular weight excluding hydrogens is 206 g/mol. The topological polar surface area (TPSA) is 119 Å². The monoisotopic (exact) mass is 220 g/mol. The van der Waals surface area contributed by atoms with Crippen LogP contribution >= 0.6 is 0 Å². The Morgan fingerprint density at radius 2 is 1.93 bits per heavy atom. The lowest BCUT2D eigenvalue weighted by atomic mass is 9.97. The summed E-state index contributed by atoms with van der Waals surface area (Å²) in [5.41, 5.74) is 0. The Balaban J connectivity index is 2.70. The third kappa shape index (κ3) is 2.64. The number of nitrogens with one attached hydrogen (secondary N) is 1. The molecular formula is C8H14NO6. The summed E-state index contributed by atoms with van der Waals surface area (Å²) < 4.78 is 4.78. The van der Waals surface area contributed by atoms with Crippen LogP contribution in [0.15, 0.2) is 0 Å². The Labute approximate surface area is 86.3 Å². The number of carbonyl (C=O) groups is 1. The number of ether oxygens (including phenoxy) is 1. The Hall–Kier alpha value is -0.730. The van der Waals surface area contributed by atoms with E-state index in [0.717, 1.165) is 0 Å². The van der Waals surface area contributed by atoms with Gasteiger partial charge in [-0.25, -0.2) is 0 Å². The maximum atomic E-state index is 10.6. The molecule has 0 saturated carbocycles. The average Bonchev–Trinajstić information content (AvgIpc) is 2.18. The lowest BCUT2D eigenvalue weighted by Gasteiger charge is -2.40. The van der Waals surface area contributed by atoms with Crippen molar-refractivity contribution in [3.8, 4) is 0 Å². The minimum atomic E-state index is -1.49. The lowest BCUT2D eigenvalue weighted by Crippen LogP contribution is -2.63. The summed E-state index contributed by atoms with van der Waals surface area (Å²) >= 11 is 0. The van der Waals surface area contributed by atoms with E-state index < -0.39 is 43.2 Å². The SMILES string of the molecule is [CH2]C(=O)NC1C(O)OC(CO)C(O)C1O. The van der Waals surface area contributed by atoms with E-state index in [4.69, 9.17) is 9.84 Å². The zero-order chi connectivity index (χ0) is 11.6. The molecule has 15 heavy (non-hydrogen) atoms. The molecule has 0 spiro atoms. The second kappa shape index (κ2) is 4.86. The molecule has 1 radical (unpaired) electrons. The molecule has 0 bridgehead atoms. The van der Waals surface area contributed by atoms with Gasteiger partial charge in [0.2, 0.25) is 5.91 Å². The first-order valence-electron chi connectivity index (χ1n) is 4.40. The van der Waals surface area contributed by atoms with E-state index >= 15 is 0 Å². The number of carbonyl (C=O) groups excluding carboxylic acids is 1. The Morgan fingerprint density at radius 3 is 2.40 bits per heavy atom. The van der Waals surface area contributed by atoms with Gasteiger partial charge in [0, 0.05) is 6.92 Å². The second-order valence-electron chi connectivity index (χ2n) is 3.32. The predicted molar refractivity (Wildman–Crippen MR) is 47.3 cm³/mol. The summed E-state index contributed by atoms with van der Waals surface area (Å²) in [6, 6.07) is -1.16. The number of aliphatic hydroxyl groups is 4. The summed E-state index contributed by atoms with van der Waals surface area (Å²) in [6.07, 6.45) is -5.37. The largest absolute Gasteiger partial charge is 0.394 e. The molecule has 1 saturated heterocycles. The second-order valence-corrected chi connectivity index (χ2v) is 3.32. The van der Waals surface area contributed by atoms with Gasteiger partial charge in [-0.1, -0.05) is 0 Å². The van der Waals surface area contributed by atoms with Gasteiger partial charge in [0.15, 0.2) is 6.29 Å². The third-order valence-corrected chi connectivity index (χ3v) is 2.23. The van der Waals surface area contributed by atoms with Crippen LogP contribution in [-0.4, -0.2) is 63.6 Å². The molecule has 5 atom stereocenters. The highest BCUT2D eigenvalue weighted by Gasteiger charge is 2.43. The first-order chi connectivity index (χ1) is 6.97. The molecule has 0 aliphatic carbocycles. The normalized spacial score (nSPS) is 41.3. The maximum absolute atomic E-state index is 10.6. The predicted octanol–water partition coefficient (Wildman–Crippen LogP) is -3.26. The molecule has 7 heteroatoms. The first-order valence-corrected chi connectivity index (χ1v) is 4.40. The van der Waals surface area contributed by atoms with Gasteiger partial charge in [0.25, 0.3) is 0 Å². The fourth-order valence-corrected chi connectivity index (χ4v) is 1.44. The molecule has 5 N–H and O–H groups in total. The maximum Gasteiger partial charge on any atom is 0.220 e. The number of aliphatic hydroxyl groups excluding tert-OH is 4. The zero-order valence-corrected chi connectivity index (χ0v) is 7.91. The van der Waals surface area contributed by atoms with Crippen LogP contribution in [-0.2, 0) is 9.53 Å². The molecule has 1 aliphatic rings. The van der Waals surface area contributed by atoms with Crippen LogP contribution in [0.5, 0.6) is 0 Å². The van der Waals surface area contributed by atoms with Crippen molar-refractivity contribution in [2.45, 2.75) is 30.6 Å². The fourth-order valence-electron chi connectivity index (χ4n) is 1.44. The number of hydrogen-bond donors (Lipinski definition) is 5. The van der Waals surface area contributed by atoms with Gasteiger partial charge in [-0.15, -0.1) is 0 Å². The van der Waals surface area contributed by atoms with Crippen LogP contribution in [0.2, 0.25) is 0 Å². The zero-order valence-electron chi connectivity index (χ0n) is 7.91. The summed E-state index contributed by atoms with van der Waals surface area (Å²) in [7, 11) is 0.